The van der Waals surface area contributed by atoms with Crippen molar-refractivity contribution >= 4 is 23.4 Å². The second kappa shape index (κ2) is 8.64. The van der Waals surface area contributed by atoms with E-state index in [-0.39, 0.29) is 12.5 Å². The van der Waals surface area contributed by atoms with Gasteiger partial charge >= 0.3 is 0 Å². The molecular formula is C17H24F2N2OS. The third-order valence-corrected chi connectivity index (χ3v) is 5.40. The molecule has 3 atom stereocenters. The highest BCUT2D eigenvalue weighted by Crippen LogP contribution is 2.32. The molecule has 23 heavy (non-hydrogen) atoms. The van der Waals surface area contributed by atoms with Gasteiger partial charge in [-0.1, -0.05) is 50.6 Å². The first-order valence-electron chi connectivity index (χ1n) is 8.04. The van der Waals surface area contributed by atoms with E-state index in [9.17, 15) is 13.6 Å². The summed E-state index contributed by atoms with van der Waals surface area (Å²) in [5.74, 6) is -1.50. The zero-order valence-electron chi connectivity index (χ0n) is 13.5. The van der Waals surface area contributed by atoms with Crippen molar-refractivity contribution in [2.24, 2.45) is 11.8 Å². The number of anilines is 1. The lowest BCUT2D eigenvalue weighted by Gasteiger charge is -2.34. The van der Waals surface area contributed by atoms with Crippen LogP contribution in [-0.4, -0.2) is 24.3 Å². The van der Waals surface area contributed by atoms with Gasteiger partial charge in [0.2, 0.25) is 5.91 Å². The first-order valence-corrected chi connectivity index (χ1v) is 8.92. The Labute approximate surface area is 140 Å². The summed E-state index contributed by atoms with van der Waals surface area (Å²) < 4.78 is 25.1. The molecule has 3 nitrogen and oxygen atoms in total. The molecule has 0 heterocycles. The predicted octanol–water partition coefficient (Wildman–Crippen LogP) is 4.35. The van der Waals surface area contributed by atoms with E-state index in [1.165, 1.54) is 12.8 Å². The Balaban J connectivity index is 1.87. The first kappa shape index (κ1) is 18.2. The number of nitrogens with one attached hydrogen (secondary N) is 2. The second-order valence-corrected chi connectivity index (χ2v) is 7.21. The van der Waals surface area contributed by atoms with Crippen LogP contribution in [0.25, 0.3) is 0 Å². The molecule has 1 aliphatic rings. The number of halogens is 2. The van der Waals surface area contributed by atoms with Crippen LogP contribution in [0.3, 0.4) is 0 Å². The van der Waals surface area contributed by atoms with E-state index in [1.54, 1.807) is 24.3 Å². The lowest BCUT2D eigenvalue weighted by Crippen LogP contribution is -2.43. The minimum Gasteiger partial charge on any atom is -0.324 e. The molecule has 2 rings (SSSR count). The Kier molecular flexibility index (Phi) is 6.84. The van der Waals surface area contributed by atoms with Crippen molar-refractivity contribution in [1.82, 2.24) is 5.32 Å². The minimum atomic E-state index is -2.50. The molecule has 0 bridgehead atoms. The van der Waals surface area contributed by atoms with Crippen LogP contribution >= 0.6 is 11.8 Å². The van der Waals surface area contributed by atoms with Crippen LogP contribution in [-0.2, 0) is 4.79 Å². The Morgan fingerprint density at radius 3 is 2.78 bits per heavy atom. The van der Waals surface area contributed by atoms with Crippen molar-refractivity contribution in [2.75, 3.05) is 11.9 Å². The summed E-state index contributed by atoms with van der Waals surface area (Å²) in [5.41, 5.74) is 0.440. The lowest BCUT2D eigenvalue weighted by molar-refractivity contribution is -0.115. The van der Waals surface area contributed by atoms with E-state index >= 15 is 0 Å². The Morgan fingerprint density at radius 1 is 1.30 bits per heavy atom. The average molecular weight is 342 g/mol. The molecule has 6 heteroatoms. The predicted molar refractivity (Wildman–Crippen MR) is 90.9 cm³/mol. The van der Waals surface area contributed by atoms with Gasteiger partial charge in [0.15, 0.2) is 0 Å². The number of thioether (sulfide) groups is 1. The molecule has 2 N–H and O–H groups in total. The smallest absolute Gasteiger partial charge is 0.288 e. The maximum atomic E-state index is 12.5. The van der Waals surface area contributed by atoms with Gasteiger partial charge in [-0.25, -0.2) is 0 Å². The number of hydrogen-bond acceptors (Lipinski definition) is 3. The van der Waals surface area contributed by atoms with Crippen molar-refractivity contribution in [3.63, 3.8) is 0 Å². The molecule has 1 fully saturated rings. The van der Waals surface area contributed by atoms with Crippen molar-refractivity contribution in [3.05, 3.63) is 24.3 Å². The zero-order valence-corrected chi connectivity index (χ0v) is 14.3. The lowest BCUT2D eigenvalue weighted by atomic mass is 9.78. The summed E-state index contributed by atoms with van der Waals surface area (Å²) in [6.45, 7) is 4.67. The highest BCUT2D eigenvalue weighted by molar-refractivity contribution is 7.99. The van der Waals surface area contributed by atoms with Gasteiger partial charge in [0.25, 0.3) is 5.76 Å². The Hall–Kier alpha value is -1.14. The number of alkyl halides is 2. The van der Waals surface area contributed by atoms with E-state index in [1.807, 2.05) is 0 Å². The molecule has 0 aromatic heterocycles. The van der Waals surface area contributed by atoms with Gasteiger partial charge in [0.05, 0.1) is 12.2 Å². The number of carbonyl (C=O) groups is 1. The van der Waals surface area contributed by atoms with Crippen LogP contribution < -0.4 is 10.6 Å². The van der Waals surface area contributed by atoms with E-state index in [0.29, 0.717) is 40.2 Å². The number of carbonyl (C=O) groups excluding carboxylic acids is 1. The monoisotopic (exact) mass is 342 g/mol. The number of rotatable bonds is 6. The van der Waals surface area contributed by atoms with Crippen molar-refractivity contribution in [1.29, 1.82) is 0 Å². The van der Waals surface area contributed by atoms with Gasteiger partial charge in [-0.3, -0.25) is 4.79 Å². The molecule has 1 aromatic carbocycles. The molecule has 0 saturated heterocycles. The molecular weight excluding hydrogens is 318 g/mol. The topological polar surface area (TPSA) is 41.1 Å². The molecule has 0 radical (unpaired) electrons. The number of para-hydroxylation sites is 1. The molecule has 0 spiro atoms. The minimum absolute atomic E-state index is 0.197. The molecule has 1 aliphatic carbocycles. The third kappa shape index (κ3) is 5.46. The second-order valence-electron chi connectivity index (χ2n) is 6.18. The summed E-state index contributed by atoms with van der Waals surface area (Å²) in [7, 11) is 0. The maximum Gasteiger partial charge on any atom is 0.288 e. The number of hydrogen-bond donors (Lipinski definition) is 2. The van der Waals surface area contributed by atoms with Gasteiger partial charge < -0.3 is 10.6 Å². The van der Waals surface area contributed by atoms with Crippen molar-refractivity contribution in [3.8, 4) is 0 Å². The molecule has 0 aliphatic heterocycles. The fourth-order valence-electron chi connectivity index (χ4n) is 3.06. The van der Waals surface area contributed by atoms with Gasteiger partial charge in [-0.15, -0.1) is 0 Å². The van der Waals surface area contributed by atoms with Gasteiger partial charge in [0, 0.05) is 10.9 Å². The average Bonchev–Trinajstić information content (AvgIpc) is 2.50. The van der Waals surface area contributed by atoms with E-state index < -0.39 is 5.76 Å². The normalized spacial score (nSPS) is 24.7. The summed E-state index contributed by atoms with van der Waals surface area (Å²) in [4.78, 5) is 12.5. The van der Waals surface area contributed by atoms with Crippen LogP contribution in [0.15, 0.2) is 29.2 Å². The van der Waals surface area contributed by atoms with Gasteiger partial charge in [-0.05, 0) is 30.4 Å². The molecule has 128 valence electrons. The van der Waals surface area contributed by atoms with E-state index in [4.69, 9.17) is 0 Å². The van der Waals surface area contributed by atoms with Crippen LogP contribution in [0, 0.1) is 11.8 Å². The number of amides is 1. The number of benzene rings is 1. The Morgan fingerprint density at radius 2 is 2.04 bits per heavy atom. The van der Waals surface area contributed by atoms with Gasteiger partial charge in [0.1, 0.15) is 0 Å². The SMILES string of the molecule is CC1CCCC(NCC(=O)Nc2ccccc2SC(F)F)C1C. The molecule has 1 saturated carbocycles. The molecule has 3 unspecified atom stereocenters. The fraction of sp³-hybridized carbons (Fsp3) is 0.588. The van der Waals surface area contributed by atoms with Crippen LogP contribution in [0.2, 0.25) is 0 Å². The summed E-state index contributed by atoms with van der Waals surface area (Å²) in [5, 5.41) is 6.04. The standard InChI is InChI=1S/C17H24F2N2OS/c1-11-6-5-8-13(12(11)2)20-10-16(22)21-14-7-3-4-9-15(14)23-17(18)19/h3-4,7,9,11-13,17,20H,5-6,8,10H2,1-2H3,(H,21,22). The van der Waals surface area contributed by atoms with E-state index in [0.717, 1.165) is 6.42 Å². The maximum absolute atomic E-state index is 12.5. The first-order chi connectivity index (χ1) is 11.0. The highest BCUT2D eigenvalue weighted by atomic mass is 32.2. The van der Waals surface area contributed by atoms with Gasteiger partial charge in [-0.2, -0.15) is 8.78 Å². The largest absolute Gasteiger partial charge is 0.324 e. The summed E-state index contributed by atoms with van der Waals surface area (Å²) in [6, 6.07) is 6.99. The third-order valence-electron chi connectivity index (χ3n) is 4.61. The molecule has 1 amide bonds. The quantitative estimate of drug-likeness (QED) is 0.755. The Bertz CT molecular complexity index is 527. The molecule has 1 aromatic rings. The van der Waals surface area contributed by atoms with Crippen molar-refractivity contribution in [2.45, 2.75) is 49.8 Å². The highest BCUT2D eigenvalue weighted by Gasteiger charge is 2.27. The summed E-state index contributed by atoms with van der Waals surface area (Å²) >= 11 is 0.445. The summed E-state index contributed by atoms with van der Waals surface area (Å²) in [6.07, 6.45) is 3.50. The van der Waals surface area contributed by atoms with Crippen LogP contribution in [0.4, 0.5) is 14.5 Å². The van der Waals surface area contributed by atoms with Crippen LogP contribution in [0.5, 0.6) is 0 Å². The van der Waals surface area contributed by atoms with Crippen molar-refractivity contribution < 1.29 is 13.6 Å². The zero-order chi connectivity index (χ0) is 16.8. The van der Waals surface area contributed by atoms with E-state index in [2.05, 4.69) is 24.5 Å². The fourth-order valence-corrected chi connectivity index (χ4v) is 3.65. The van der Waals surface area contributed by atoms with Crippen LogP contribution in [0.1, 0.15) is 33.1 Å².